The second kappa shape index (κ2) is 8.28. The third kappa shape index (κ3) is 4.47. The molecular formula is C18H24N4O3. The van der Waals surface area contributed by atoms with Crippen LogP contribution in [0.5, 0.6) is 0 Å². The van der Waals surface area contributed by atoms with Crippen molar-refractivity contribution in [1.29, 1.82) is 5.26 Å². The van der Waals surface area contributed by atoms with E-state index in [1.165, 1.54) is 0 Å². The van der Waals surface area contributed by atoms with E-state index in [1.54, 1.807) is 12.3 Å². The van der Waals surface area contributed by atoms with Crippen molar-refractivity contribution in [3.63, 3.8) is 0 Å². The first-order chi connectivity index (χ1) is 12.2. The standard InChI is InChI=1S/C18H24N4O3/c19-11-14-4-5-17(20-12-14)21-6-8-22(9-7-21)18(24)10-15-2-1-3-16(13-23)25-15/h4-5,12,15-16,23H,1-3,6-10,13H2. The van der Waals surface area contributed by atoms with Gasteiger partial charge in [-0.2, -0.15) is 5.26 Å². The molecule has 3 rings (SSSR count). The molecule has 134 valence electrons. The monoisotopic (exact) mass is 344 g/mol. The fourth-order valence-corrected chi connectivity index (χ4v) is 3.41. The predicted molar refractivity (Wildman–Crippen MR) is 92.0 cm³/mol. The highest BCUT2D eigenvalue weighted by Crippen LogP contribution is 2.22. The summed E-state index contributed by atoms with van der Waals surface area (Å²) in [5.74, 6) is 0.962. The Balaban J connectivity index is 1.48. The van der Waals surface area contributed by atoms with E-state index in [1.807, 2.05) is 11.0 Å². The Kier molecular flexibility index (Phi) is 5.84. The molecule has 1 aromatic rings. The number of piperazine rings is 1. The molecule has 0 aromatic carbocycles. The van der Waals surface area contributed by atoms with E-state index in [-0.39, 0.29) is 24.7 Å². The van der Waals surface area contributed by atoms with Gasteiger partial charge in [-0.05, 0) is 31.4 Å². The topological polar surface area (TPSA) is 89.7 Å². The fourth-order valence-electron chi connectivity index (χ4n) is 3.41. The molecule has 0 radical (unpaired) electrons. The first kappa shape index (κ1) is 17.6. The molecule has 25 heavy (non-hydrogen) atoms. The summed E-state index contributed by atoms with van der Waals surface area (Å²) in [5.41, 5.74) is 0.547. The summed E-state index contributed by atoms with van der Waals surface area (Å²) in [5, 5.41) is 18.0. The zero-order valence-electron chi connectivity index (χ0n) is 14.3. The van der Waals surface area contributed by atoms with Crippen molar-refractivity contribution >= 4 is 11.7 Å². The zero-order chi connectivity index (χ0) is 17.6. The van der Waals surface area contributed by atoms with E-state index in [0.717, 1.165) is 38.2 Å². The lowest BCUT2D eigenvalue weighted by Gasteiger charge is -2.36. The van der Waals surface area contributed by atoms with Crippen LogP contribution in [0.2, 0.25) is 0 Å². The van der Waals surface area contributed by atoms with Crippen LogP contribution in [0, 0.1) is 11.3 Å². The molecule has 2 unspecified atom stereocenters. The van der Waals surface area contributed by atoms with E-state index in [2.05, 4.69) is 16.0 Å². The molecule has 2 fully saturated rings. The highest BCUT2D eigenvalue weighted by atomic mass is 16.5. The number of nitriles is 1. The molecule has 7 nitrogen and oxygen atoms in total. The maximum Gasteiger partial charge on any atom is 0.225 e. The molecule has 3 heterocycles. The van der Waals surface area contributed by atoms with Crippen LogP contribution < -0.4 is 4.90 Å². The van der Waals surface area contributed by atoms with Gasteiger partial charge in [0.2, 0.25) is 5.91 Å². The third-order valence-corrected chi connectivity index (χ3v) is 4.88. The van der Waals surface area contributed by atoms with Crippen molar-refractivity contribution in [1.82, 2.24) is 9.88 Å². The van der Waals surface area contributed by atoms with Crippen LogP contribution in [0.4, 0.5) is 5.82 Å². The summed E-state index contributed by atoms with van der Waals surface area (Å²) in [7, 11) is 0. The molecule has 0 spiro atoms. The number of nitrogens with zero attached hydrogens (tertiary/aromatic N) is 4. The highest BCUT2D eigenvalue weighted by molar-refractivity contribution is 5.77. The maximum absolute atomic E-state index is 12.5. The van der Waals surface area contributed by atoms with Gasteiger partial charge < -0.3 is 19.6 Å². The average molecular weight is 344 g/mol. The molecular weight excluding hydrogens is 320 g/mol. The number of carbonyl (C=O) groups excluding carboxylic acids is 1. The number of hydrogen-bond acceptors (Lipinski definition) is 6. The molecule has 0 saturated carbocycles. The van der Waals surface area contributed by atoms with Gasteiger partial charge in [0.1, 0.15) is 11.9 Å². The second-order valence-electron chi connectivity index (χ2n) is 6.58. The molecule has 2 aliphatic rings. The first-order valence-electron chi connectivity index (χ1n) is 8.85. The number of ether oxygens (including phenoxy) is 1. The smallest absolute Gasteiger partial charge is 0.225 e. The van der Waals surface area contributed by atoms with E-state index in [0.29, 0.717) is 25.1 Å². The lowest BCUT2D eigenvalue weighted by Crippen LogP contribution is -2.50. The summed E-state index contributed by atoms with van der Waals surface area (Å²) < 4.78 is 5.77. The zero-order valence-corrected chi connectivity index (χ0v) is 14.3. The van der Waals surface area contributed by atoms with Crippen LogP contribution >= 0.6 is 0 Å². The van der Waals surface area contributed by atoms with E-state index in [4.69, 9.17) is 10.00 Å². The van der Waals surface area contributed by atoms with Crippen LogP contribution in [0.25, 0.3) is 0 Å². The number of amides is 1. The maximum atomic E-state index is 12.5. The van der Waals surface area contributed by atoms with Crippen molar-refractivity contribution in [2.45, 2.75) is 37.9 Å². The number of rotatable bonds is 4. The summed E-state index contributed by atoms with van der Waals surface area (Å²) >= 11 is 0. The molecule has 1 amide bonds. The van der Waals surface area contributed by atoms with E-state index < -0.39 is 0 Å². The van der Waals surface area contributed by atoms with Gasteiger partial charge in [-0.25, -0.2) is 4.98 Å². The number of anilines is 1. The summed E-state index contributed by atoms with van der Waals surface area (Å²) in [6.07, 6.45) is 4.54. The normalized spacial score (nSPS) is 24.0. The Morgan fingerprint density at radius 1 is 1.28 bits per heavy atom. The molecule has 7 heteroatoms. The van der Waals surface area contributed by atoms with Gasteiger partial charge in [0.15, 0.2) is 0 Å². The Hall–Kier alpha value is -2.17. The van der Waals surface area contributed by atoms with Gasteiger partial charge >= 0.3 is 0 Å². The van der Waals surface area contributed by atoms with E-state index >= 15 is 0 Å². The second-order valence-corrected chi connectivity index (χ2v) is 6.58. The minimum Gasteiger partial charge on any atom is -0.394 e. The van der Waals surface area contributed by atoms with Crippen LogP contribution in [0.15, 0.2) is 18.3 Å². The average Bonchev–Trinajstić information content (AvgIpc) is 2.68. The van der Waals surface area contributed by atoms with Crippen LogP contribution in [0.1, 0.15) is 31.2 Å². The van der Waals surface area contributed by atoms with Gasteiger partial charge in [0.25, 0.3) is 0 Å². The largest absolute Gasteiger partial charge is 0.394 e. The lowest BCUT2D eigenvalue weighted by atomic mass is 10.0. The lowest BCUT2D eigenvalue weighted by molar-refractivity contribution is -0.139. The molecule has 0 aliphatic carbocycles. The Morgan fingerprint density at radius 2 is 2.04 bits per heavy atom. The Morgan fingerprint density at radius 3 is 2.68 bits per heavy atom. The Bertz CT molecular complexity index is 620. The first-order valence-corrected chi connectivity index (χ1v) is 8.85. The number of aliphatic hydroxyl groups excluding tert-OH is 1. The number of pyridine rings is 1. The molecule has 1 aromatic heterocycles. The molecule has 2 atom stereocenters. The molecule has 0 bridgehead atoms. The number of carbonyl (C=O) groups is 1. The van der Waals surface area contributed by atoms with E-state index in [9.17, 15) is 9.90 Å². The van der Waals surface area contributed by atoms with Gasteiger partial charge in [-0.3, -0.25) is 4.79 Å². The quantitative estimate of drug-likeness (QED) is 0.874. The van der Waals surface area contributed by atoms with Gasteiger partial charge in [0, 0.05) is 32.4 Å². The highest BCUT2D eigenvalue weighted by Gasteiger charge is 2.27. The van der Waals surface area contributed by atoms with Gasteiger partial charge in [-0.1, -0.05) is 0 Å². The molecule has 1 N–H and O–H groups in total. The Labute approximate surface area is 147 Å². The van der Waals surface area contributed by atoms with Crippen molar-refractivity contribution < 1.29 is 14.6 Å². The predicted octanol–water partition coefficient (Wildman–Crippen LogP) is 0.922. The summed E-state index contributed by atoms with van der Waals surface area (Å²) in [6.45, 7) is 2.82. The van der Waals surface area contributed by atoms with Gasteiger partial charge in [-0.15, -0.1) is 0 Å². The molecule has 2 saturated heterocycles. The summed E-state index contributed by atoms with van der Waals surface area (Å²) in [4.78, 5) is 20.8. The minimum atomic E-state index is -0.120. The number of aromatic nitrogens is 1. The van der Waals surface area contributed by atoms with Crippen LogP contribution in [-0.2, 0) is 9.53 Å². The van der Waals surface area contributed by atoms with Crippen LogP contribution in [0.3, 0.4) is 0 Å². The third-order valence-electron chi connectivity index (χ3n) is 4.88. The number of aliphatic hydroxyl groups is 1. The van der Waals surface area contributed by atoms with Crippen molar-refractivity contribution in [2.24, 2.45) is 0 Å². The van der Waals surface area contributed by atoms with Gasteiger partial charge in [0.05, 0.1) is 30.8 Å². The molecule has 2 aliphatic heterocycles. The SMILES string of the molecule is N#Cc1ccc(N2CCN(C(=O)CC3CCCC(CO)O3)CC2)nc1. The van der Waals surface area contributed by atoms with Crippen molar-refractivity contribution in [2.75, 3.05) is 37.7 Å². The fraction of sp³-hybridized carbons (Fsp3) is 0.611. The summed E-state index contributed by atoms with van der Waals surface area (Å²) in [6, 6.07) is 5.67. The van der Waals surface area contributed by atoms with Crippen molar-refractivity contribution in [3.8, 4) is 6.07 Å². The van der Waals surface area contributed by atoms with Crippen molar-refractivity contribution in [3.05, 3.63) is 23.9 Å². The number of hydrogen-bond donors (Lipinski definition) is 1. The van der Waals surface area contributed by atoms with Crippen LogP contribution in [-0.4, -0.2) is 65.9 Å². The minimum absolute atomic E-state index is 0.0287.